The second-order valence-corrected chi connectivity index (χ2v) is 7.52. The molecule has 0 radical (unpaired) electrons. The second-order valence-electron chi connectivity index (χ2n) is 7.52. The molecule has 3 atom stereocenters. The second kappa shape index (κ2) is 12.0. The van der Waals surface area contributed by atoms with Gasteiger partial charge in [-0.1, -0.05) is 34.1 Å². The molecule has 0 spiro atoms. The van der Waals surface area contributed by atoms with Gasteiger partial charge in [0, 0.05) is 32.0 Å². The molecule has 6 nitrogen and oxygen atoms in total. The van der Waals surface area contributed by atoms with Gasteiger partial charge in [-0.25, -0.2) is 0 Å². The number of piperidine rings is 1. The summed E-state index contributed by atoms with van der Waals surface area (Å²) in [7, 11) is 0. The average molecular weight is 369 g/mol. The van der Waals surface area contributed by atoms with Crippen molar-refractivity contribution in [2.24, 2.45) is 17.8 Å². The van der Waals surface area contributed by atoms with E-state index >= 15 is 0 Å². The van der Waals surface area contributed by atoms with Crippen LogP contribution in [0.5, 0.6) is 0 Å². The smallest absolute Gasteiger partial charge is 0.224 e. The van der Waals surface area contributed by atoms with Crippen LogP contribution in [0.2, 0.25) is 0 Å². The number of ether oxygens (including phenoxy) is 1. The zero-order chi connectivity index (χ0) is 19.5. The zero-order valence-electron chi connectivity index (χ0n) is 16.9. The van der Waals surface area contributed by atoms with Crippen LogP contribution in [0, 0.1) is 17.8 Å². The standard InChI is InChI=1S/C20H36N2O4/c1-5-15(3)12-19(24)22-10-7-8-17(13-22)20(25)21-9-11-26-14-18(23)16(4)6-2/h15-17H,5-14H2,1-4H3,(H,21,25). The molecule has 1 saturated heterocycles. The molecule has 1 fully saturated rings. The third-order valence-electron chi connectivity index (χ3n) is 5.32. The number of likely N-dealkylation sites (tertiary alicyclic amines) is 1. The SMILES string of the molecule is CCC(C)CC(=O)N1CCCC(C(=O)NCCOCC(=O)C(C)CC)C1. The number of hydrogen-bond acceptors (Lipinski definition) is 4. The molecule has 1 heterocycles. The Hall–Kier alpha value is -1.43. The topological polar surface area (TPSA) is 75.7 Å². The van der Waals surface area contributed by atoms with Gasteiger partial charge in [0.25, 0.3) is 0 Å². The van der Waals surface area contributed by atoms with Crippen LogP contribution in [0.25, 0.3) is 0 Å². The molecule has 0 bridgehead atoms. The van der Waals surface area contributed by atoms with Crippen molar-refractivity contribution < 1.29 is 19.1 Å². The lowest BCUT2D eigenvalue weighted by atomic mass is 9.96. The number of Topliss-reactive ketones (excluding diaryl/α,β-unsaturated/α-hetero) is 1. The van der Waals surface area contributed by atoms with Gasteiger partial charge in [-0.05, 0) is 25.2 Å². The number of rotatable bonds is 11. The molecule has 0 aromatic heterocycles. The molecular weight excluding hydrogens is 332 g/mol. The van der Waals surface area contributed by atoms with Crippen LogP contribution in [0.15, 0.2) is 0 Å². The maximum atomic E-state index is 12.3. The highest BCUT2D eigenvalue weighted by Gasteiger charge is 2.28. The molecule has 1 N–H and O–H groups in total. The molecule has 0 saturated carbocycles. The normalized spacial score (nSPS) is 19.7. The number of carbonyl (C=O) groups excluding carboxylic acids is 3. The van der Waals surface area contributed by atoms with Crippen molar-refractivity contribution in [3.05, 3.63) is 0 Å². The molecule has 3 unspecified atom stereocenters. The Balaban J connectivity index is 2.27. The van der Waals surface area contributed by atoms with Crippen LogP contribution < -0.4 is 5.32 Å². The molecule has 1 aliphatic rings. The summed E-state index contributed by atoms with van der Waals surface area (Å²) in [5.74, 6) is 0.484. The molecular formula is C20H36N2O4. The van der Waals surface area contributed by atoms with E-state index in [0.29, 0.717) is 32.0 Å². The Morgan fingerprint density at radius 2 is 1.92 bits per heavy atom. The van der Waals surface area contributed by atoms with Crippen LogP contribution in [0.4, 0.5) is 0 Å². The summed E-state index contributed by atoms with van der Waals surface area (Å²) >= 11 is 0. The van der Waals surface area contributed by atoms with Gasteiger partial charge >= 0.3 is 0 Å². The lowest BCUT2D eigenvalue weighted by molar-refractivity contribution is -0.136. The number of ketones is 1. The van der Waals surface area contributed by atoms with Gasteiger partial charge in [0.15, 0.2) is 5.78 Å². The highest BCUT2D eigenvalue weighted by Crippen LogP contribution is 2.19. The average Bonchev–Trinajstić information content (AvgIpc) is 2.66. The van der Waals surface area contributed by atoms with Gasteiger partial charge in [-0.2, -0.15) is 0 Å². The molecule has 1 rings (SSSR count). The largest absolute Gasteiger partial charge is 0.372 e. The van der Waals surface area contributed by atoms with E-state index < -0.39 is 0 Å². The highest BCUT2D eigenvalue weighted by atomic mass is 16.5. The third kappa shape index (κ3) is 7.85. The van der Waals surface area contributed by atoms with Gasteiger partial charge in [0.2, 0.25) is 11.8 Å². The van der Waals surface area contributed by atoms with E-state index in [-0.39, 0.29) is 36.0 Å². The maximum absolute atomic E-state index is 12.3. The summed E-state index contributed by atoms with van der Waals surface area (Å²) in [5.41, 5.74) is 0. The molecule has 1 aliphatic heterocycles. The zero-order valence-corrected chi connectivity index (χ0v) is 16.9. The van der Waals surface area contributed by atoms with Crippen molar-refractivity contribution in [1.29, 1.82) is 0 Å². The molecule has 150 valence electrons. The number of hydrogen-bond donors (Lipinski definition) is 1. The minimum Gasteiger partial charge on any atom is -0.372 e. The van der Waals surface area contributed by atoms with Crippen LogP contribution in [-0.4, -0.2) is 55.3 Å². The van der Waals surface area contributed by atoms with Gasteiger partial charge < -0.3 is 15.0 Å². The summed E-state index contributed by atoms with van der Waals surface area (Å²) in [4.78, 5) is 38.1. The van der Waals surface area contributed by atoms with E-state index in [1.807, 2.05) is 18.7 Å². The molecule has 0 aromatic rings. The Kier molecular flexibility index (Phi) is 10.5. The maximum Gasteiger partial charge on any atom is 0.224 e. The Morgan fingerprint density at radius 1 is 1.19 bits per heavy atom. The molecule has 2 amide bonds. The van der Waals surface area contributed by atoms with E-state index in [2.05, 4.69) is 19.2 Å². The Bertz CT molecular complexity index is 467. The first kappa shape index (κ1) is 22.6. The lowest BCUT2D eigenvalue weighted by Crippen LogP contribution is -2.46. The van der Waals surface area contributed by atoms with Crippen molar-refractivity contribution in [3.63, 3.8) is 0 Å². The highest BCUT2D eigenvalue weighted by molar-refractivity contribution is 5.82. The molecule has 0 aliphatic carbocycles. The van der Waals surface area contributed by atoms with Crippen LogP contribution in [-0.2, 0) is 19.1 Å². The third-order valence-corrected chi connectivity index (χ3v) is 5.32. The fourth-order valence-corrected chi connectivity index (χ4v) is 2.92. The predicted octanol–water partition coefficient (Wildman–Crippen LogP) is 2.41. The van der Waals surface area contributed by atoms with Crippen molar-refractivity contribution in [2.45, 2.75) is 59.8 Å². The molecule has 0 aromatic carbocycles. The van der Waals surface area contributed by atoms with Crippen molar-refractivity contribution in [1.82, 2.24) is 10.2 Å². The van der Waals surface area contributed by atoms with Crippen molar-refractivity contribution in [3.8, 4) is 0 Å². The summed E-state index contributed by atoms with van der Waals surface area (Å²) in [5, 5.41) is 2.87. The fraction of sp³-hybridized carbons (Fsp3) is 0.850. The quantitative estimate of drug-likeness (QED) is 0.568. The number of amides is 2. The monoisotopic (exact) mass is 368 g/mol. The minimum atomic E-state index is -0.147. The lowest BCUT2D eigenvalue weighted by Gasteiger charge is -2.32. The number of nitrogens with one attached hydrogen (secondary N) is 1. The number of carbonyl (C=O) groups is 3. The first-order valence-electron chi connectivity index (χ1n) is 10.0. The molecule has 26 heavy (non-hydrogen) atoms. The van der Waals surface area contributed by atoms with Crippen LogP contribution in [0.1, 0.15) is 59.8 Å². The summed E-state index contributed by atoms with van der Waals surface area (Å²) in [6.07, 6.45) is 4.04. The number of nitrogens with zero attached hydrogens (tertiary/aromatic N) is 1. The van der Waals surface area contributed by atoms with E-state index in [9.17, 15) is 14.4 Å². The van der Waals surface area contributed by atoms with Gasteiger partial charge in [0.1, 0.15) is 6.61 Å². The molecule has 6 heteroatoms. The van der Waals surface area contributed by atoms with E-state index in [1.54, 1.807) is 0 Å². The van der Waals surface area contributed by atoms with Gasteiger partial charge in [0.05, 0.1) is 12.5 Å². The van der Waals surface area contributed by atoms with Crippen molar-refractivity contribution in [2.75, 3.05) is 32.8 Å². The van der Waals surface area contributed by atoms with Crippen LogP contribution in [0.3, 0.4) is 0 Å². The van der Waals surface area contributed by atoms with E-state index in [4.69, 9.17) is 4.74 Å². The van der Waals surface area contributed by atoms with E-state index in [0.717, 1.165) is 32.2 Å². The van der Waals surface area contributed by atoms with Gasteiger partial charge in [-0.3, -0.25) is 14.4 Å². The van der Waals surface area contributed by atoms with Gasteiger partial charge in [-0.15, -0.1) is 0 Å². The Morgan fingerprint density at radius 3 is 2.58 bits per heavy atom. The van der Waals surface area contributed by atoms with Crippen molar-refractivity contribution >= 4 is 17.6 Å². The van der Waals surface area contributed by atoms with Crippen LogP contribution >= 0.6 is 0 Å². The van der Waals surface area contributed by atoms with E-state index in [1.165, 1.54) is 0 Å². The Labute approximate surface area is 158 Å². The minimum absolute atomic E-state index is 0.0192. The summed E-state index contributed by atoms with van der Waals surface area (Å²) in [6.45, 7) is 10.1. The predicted molar refractivity (Wildman–Crippen MR) is 102 cm³/mol. The fourth-order valence-electron chi connectivity index (χ4n) is 2.92. The summed E-state index contributed by atoms with van der Waals surface area (Å²) < 4.78 is 5.34. The first-order chi connectivity index (χ1) is 12.4. The first-order valence-corrected chi connectivity index (χ1v) is 10.0. The summed E-state index contributed by atoms with van der Waals surface area (Å²) in [6, 6.07) is 0.